The van der Waals surface area contributed by atoms with Gasteiger partial charge in [-0.05, 0) is 50.7 Å². The third kappa shape index (κ3) is 3.58. The highest BCUT2D eigenvalue weighted by molar-refractivity contribution is 4.83. The van der Waals surface area contributed by atoms with Crippen molar-refractivity contribution in [2.45, 2.75) is 46.1 Å². The minimum absolute atomic E-state index is 0.824. The summed E-state index contributed by atoms with van der Waals surface area (Å²) in [5.74, 6) is 1.86. The second-order valence-corrected chi connectivity index (χ2v) is 4.54. The van der Waals surface area contributed by atoms with Crippen molar-refractivity contribution in [1.29, 1.82) is 0 Å². The first-order valence-electron chi connectivity index (χ1n) is 6.28. The van der Waals surface area contributed by atoms with Crippen molar-refractivity contribution in [3.8, 4) is 0 Å². The second kappa shape index (κ2) is 6.41. The molecule has 0 aromatic heterocycles. The van der Waals surface area contributed by atoms with E-state index in [1.807, 2.05) is 13.8 Å². The van der Waals surface area contributed by atoms with Gasteiger partial charge >= 0.3 is 0 Å². The van der Waals surface area contributed by atoms with Crippen LogP contribution >= 0.6 is 0 Å². The van der Waals surface area contributed by atoms with Gasteiger partial charge in [-0.2, -0.15) is 0 Å². The van der Waals surface area contributed by atoms with E-state index >= 15 is 0 Å². The normalized spacial score (nSPS) is 36.6. The van der Waals surface area contributed by atoms with E-state index < -0.39 is 0 Å². The minimum Gasteiger partial charge on any atom is -0.316 e. The van der Waals surface area contributed by atoms with Gasteiger partial charge in [-0.1, -0.05) is 20.8 Å². The van der Waals surface area contributed by atoms with Crippen molar-refractivity contribution >= 4 is 0 Å². The molecule has 2 rings (SSSR count). The van der Waals surface area contributed by atoms with E-state index in [0.717, 1.165) is 17.9 Å². The fourth-order valence-electron chi connectivity index (χ4n) is 2.52. The summed E-state index contributed by atoms with van der Waals surface area (Å²) < 4.78 is 0. The number of hydrogen-bond acceptors (Lipinski definition) is 2. The van der Waals surface area contributed by atoms with Crippen molar-refractivity contribution in [2.24, 2.45) is 11.8 Å². The lowest BCUT2D eigenvalue weighted by Crippen LogP contribution is -2.25. The molecule has 0 spiro atoms. The summed E-state index contributed by atoms with van der Waals surface area (Å²) in [5, 5.41) is 7.04. The first-order chi connectivity index (χ1) is 6.84. The molecule has 2 N–H and O–H groups in total. The third-order valence-corrected chi connectivity index (χ3v) is 3.22. The molecule has 2 heterocycles. The Morgan fingerprint density at radius 3 is 2.50 bits per heavy atom. The zero-order valence-electron chi connectivity index (χ0n) is 9.97. The Balaban J connectivity index is 0.000000461. The van der Waals surface area contributed by atoms with Crippen molar-refractivity contribution in [3.05, 3.63) is 0 Å². The van der Waals surface area contributed by atoms with Crippen LogP contribution < -0.4 is 10.6 Å². The van der Waals surface area contributed by atoms with E-state index in [-0.39, 0.29) is 0 Å². The average molecular weight is 198 g/mol. The highest BCUT2D eigenvalue weighted by Gasteiger charge is 2.24. The minimum atomic E-state index is 0.824. The first kappa shape index (κ1) is 12.0. The molecule has 0 saturated carbocycles. The summed E-state index contributed by atoms with van der Waals surface area (Å²) in [6, 6.07) is 0.824. The lowest BCUT2D eigenvalue weighted by molar-refractivity contribution is 0.431. The number of nitrogens with one attached hydrogen (secondary N) is 2. The van der Waals surface area contributed by atoms with Crippen LogP contribution in [0.4, 0.5) is 0 Å². The smallest absolute Gasteiger partial charge is 0.00733 e. The van der Waals surface area contributed by atoms with Gasteiger partial charge in [0.2, 0.25) is 0 Å². The maximum Gasteiger partial charge on any atom is 0.00733 e. The van der Waals surface area contributed by atoms with Crippen LogP contribution in [0.25, 0.3) is 0 Å². The first-order valence-corrected chi connectivity index (χ1v) is 6.28. The summed E-state index contributed by atoms with van der Waals surface area (Å²) in [5.41, 5.74) is 0. The zero-order chi connectivity index (χ0) is 10.4. The highest BCUT2D eigenvalue weighted by Crippen LogP contribution is 2.22. The van der Waals surface area contributed by atoms with E-state index in [2.05, 4.69) is 17.6 Å². The Bertz CT molecular complexity index is 141. The van der Waals surface area contributed by atoms with Crippen molar-refractivity contribution in [2.75, 3.05) is 19.6 Å². The van der Waals surface area contributed by atoms with E-state index in [1.54, 1.807) is 0 Å². The second-order valence-electron chi connectivity index (χ2n) is 4.54. The van der Waals surface area contributed by atoms with Crippen LogP contribution in [0, 0.1) is 11.8 Å². The van der Waals surface area contributed by atoms with Gasteiger partial charge < -0.3 is 10.6 Å². The van der Waals surface area contributed by atoms with Gasteiger partial charge in [0.1, 0.15) is 0 Å². The summed E-state index contributed by atoms with van der Waals surface area (Å²) in [6.45, 7) is 10.1. The van der Waals surface area contributed by atoms with Gasteiger partial charge in [0.25, 0.3) is 0 Å². The van der Waals surface area contributed by atoms with Gasteiger partial charge in [-0.3, -0.25) is 0 Å². The average Bonchev–Trinajstić information content (AvgIpc) is 2.82. The lowest BCUT2D eigenvalue weighted by atomic mass is 9.96. The zero-order valence-corrected chi connectivity index (χ0v) is 9.97. The molecule has 2 saturated heterocycles. The largest absolute Gasteiger partial charge is 0.316 e. The molecule has 3 unspecified atom stereocenters. The molecule has 0 aliphatic carbocycles. The molecule has 3 atom stereocenters. The fourth-order valence-corrected chi connectivity index (χ4v) is 2.52. The fraction of sp³-hybridized carbons (Fsp3) is 1.00. The quantitative estimate of drug-likeness (QED) is 0.709. The number of rotatable bonds is 2. The van der Waals surface area contributed by atoms with E-state index in [0.29, 0.717) is 0 Å². The van der Waals surface area contributed by atoms with Gasteiger partial charge in [-0.25, -0.2) is 0 Å². The van der Waals surface area contributed by atoms with E-state index in [1.165, 1.54) is 38.9 Å². The van der Waals surface area contributed by atoms with Gasteiger partial charge in [0.15, 0.2) is 0 Å². The molecule has 2 aliphatic rings. The predicted molar refractivity (Wildman–Crippen MR) is 62.5 cm³/mol. The molecular formula is C12H26N2. The molecular weight excluding hydrogens is 172 g/mol. The molecule has 2 aliphatic heterocycles. The molecule has 0 aromatic carbocycles. The van der Waals surface area contributed by atoms with Gasteiger partial charge in [0, 0.05) is 6.04 Å². The Morgan fingerprint density at radius 2 is 2.00 bits per heavy atom. The van der Waals surface area contributed by atoms with Gasteiger partial charge in [-0.15, -0.1) is 0 Å². The third-order valence-electron chi connectivity index (χ3n) is 3.22. The predicted octanol–water partition coefficient (Wildman–Crippen LogP) is 2.01. The van der Waals surface area contributed by atoms with Crippen LogP contribution in [0.5, 0.6) is 0 Å². The van der Waals surface area contributed by atoms with Crippen LogP contribution in [0.1, 0.15) is 40.0 Å². The Hall–Kier alpha value is -0.0800. The maximum atomic E-state index is 3.61. The molecule has 0 amide bonds. The van der Waals surface area contributed by atoms with Crippen LogP contribution in [0.3, 0.4) is 0 Å². The molecule has 2 fully saturated rings. The number of hydrogen-bond donors (Lipinski definition) is 2. The molecule has 0 bridgehead atoms. The van der Waals surface area contributed by atoms with Crippen molar-refractivity contribution < 1.29 is 0 Å². The van der Waals surface area contributed by atoms with Crippen LogP contribution in [-0.2, 0) is 0 Å². The van der Waals surface area contributed by atoms with Crippen molar-refractivity contribution in [1.82, 2.24) is 10.6 Å². The summed E-state index contributed by atoms with van der Waals surface area (Å²) in [6.07, 6.45) is 4.19. The topological polar surface area (TPSA) is 24.1 Å². The monoisotopic (exact) mass is 198 g/mol. The Morgan fingerprint density at radius 1 is 1.21 bits per heavy atom. The molecule has 14 heavy (non-hydrogen) atoms. The molecule has 2 nitrogen and oxygen atoms in total. The highest BCUT2D eigenvalue weighted by atomic mass is 15.0. The molecule has 84 valence electrons. The summed E-state index contributed by atoms with van der Waals surface area (Å²) in [4.78, 5) is 0. The lowest BCUT2D eigenvalue weighted by Gasteiger charge is -2.14. The summed E-state index contributed by atoms with van der Waals surface area (Å²) >= 11 is 0. The Labute approximate surface area is 88.8 Å². The van der Waals surface area contributed by atoms with Crippen LogP contribution in [0.2, 0.25) is 0 Å². The molecule has 0 radical (unpaired) electrons. The van der Waals surface area contributed by atoms with Crippen LogP contribution in [-0.4, -0.2) is 25.7 Å². The van der Waals surface area contributed by atoms with Crippen molar-refractivity contribution in [3.63, 3.8) is 0 Å². The van der Waals surface area contributed by atoms with E-state index in [4.69, 9.17) is 0 Å². The molecule has 0 aromatic rings. The summed E-state index contributed by atoms with van der Waals surface area (Å²) in [7, 11) is 0. The standard InChI is InChI=1S/C10H20N2.C2H6/c1-8-4-10(12-6-8)5-9-2-3-11-7-9;1-2/h8-12H,2-7H2,1H3;1-2H3. The Kier molecular flexibility index (Phi) is 5.49. The van der Waals surface area contributed by atoms with E-state index in [9.17, 15) is 0 Å². The van der Waals surface area contributed by atoms with Gasteiger partial charge in [0.05, 0.1) is 0 Å². The SMILES string of the molecule is CC.CC1CNC(CC2CCNC2)C1. The molecule has 2 heteroatoms. The maximum absolute atomic E-state index is 3.61. The van der Waals surface area contributed by atoms with Crippen LogP contribution in [0.15, 0.2) is 0 Å².